The van der Waals surface area contributed by atoms with Crippen LogP contribution < -0.4 is 0 Å². The summed E-state index contributed by atoms with van der Waals surface area (Å²) >= 11 is 0. The molecule has 1 saturated heterocycles. The lowest BCUT2D eigenvalue weighted by Gasteiger charge is -2.23. The predicted molar refractivity (Wildman–Crippen MR) is 51.6 cm³/mol. The summed E-state index contributed by atoms with van der Waals surface area (Å²) in [6.07, 6.45) is -2.64. The van der Waals surface area contributed by atoms with Crippen LogP contribution in [0.1, 0.15) is 25.7 Å². The Kier molecular flexibility index (Phi) is 4.19. The molecule has 1 aliphatic heterocycles. The number of rotatable bonds is 3. The van der Waals surface area contributed by atoms with Gasteiger partial charge in [0.05, 0.1) is 0 Å². The molecule has 0 spiro atoms. The molecule has 1 unspecified atom stereocenters. The minimum absolute atomic E-state index is 0.0559. The summed E-state index contributed by atoms with van der Waals surface area (Å²) in [6, 6.07) is 0.955. The van der Waals surface area contributed by atoms with Gasteiger partial charge in [0, 0.05) is 13.0 Å². The molecule has 82 valence electrons. The molecule has 1 rings (SSSR count). The fourth-order valence-electron chi connectivity index (χ4n) is 1.53. The van der Waals surface area contributed by atoms with E-state index in [1.807, 2.05) is 0 Å². The Balaban J connectivity index is 2.27. The second kappa shape index (κ2) is 4.98. The molecule has 14 heavy (non-hydrogen) atoms. The molecule has 0 N–H and O–H groups in total. The molecule has 5 heteroatoms. The maximum absolute atomic E-state index is 11.9. The molecule has 0 radical (unpaired) electrons. The third kappa shape index (κ3) is 4.28. The summed E-state index contributed by atoms with van der Waals surface area (Å²) in [4.78, 5) is 0. The molecular weight excluding hydrogens is 209 g/mol. The maximum atomic E-state index is 11.9. The molecule has 0 aromatic rings. The molecule has 0 aromatic carbocycles. The molecule has 0 amide bonds. The van der Waals surface area contributed by atoms with Crippen molar-refractivity contribution in [2.24, 2.45) is 0 Å². The average molecular weight is 224 g/mol. The summed E-state index contributed by atoms with van der Waals surface area (Å²) < 4.78 is 41.2. The lowest BCUT2D eigenvalue weighted by Crippen LogP contribution is -2.26. The normalized spacial score (nSPS) is 23.5. The van der Waals surface area contributed by atoms with E-state index >= 15 is 0 Å². The first kappa shape index (κ1) is 11.8. The number of halogens is 3. The van der Waals surface area contributed by atoms with Gasteiger partial charge in [0.2, 0.25) is 9.04 Å². The second-order valence-corrected chi connectivity index (χ2v) is 6.33. The van der Waals surface area contributed by atoms with E-state index in [1.165, 1.54) is 0 Å². The van der Waals surface area contributed by atoms with Crippen molar-refractivity contribution in [3.63, 3.8) is 0 Å². The molecular formula is C9H15F3OSi. The lowest BCUT2D eigenvalue weighted by molar-refractivity contribution is -0.133. The van der Waals surface area contributed by atoms with Gasteiger partial charge in [-0.15, -0.1) is 6.58 Å². The average Bonchev–Trinajstić information content (AvgIpc) is 2.14. The zero-order chi connectivity index (χ0) is 10.6. The second-order valence-electron chi connectivity index (χ2n) is 3.63. The van der Waals surface area contributed by atoms with Gasteiger partial charge in [-0.1, -0.05) is 11.6 Å². The zero-order valence-electron chi connectivity index (χ0n) is 8.07. The van der Waals surface area contributed by atoms with Gasteiger partial charge in [0.1, 0.15) is 0 Å². The van der Waals surface area contributed by atoms with Crippen LogP contribution in [0.4, 0.5) is 13.2 Å². The Morgan fingerprint density at radius 2 is 2.07 bits per heavy atom. The first-order chi connectivity index (χ1) is 6.49. The highest BCUT2D eigenvalue weighted by Gasteiger charge is 2.29. The quantitative estimate of drug-likeness (QED) is 0.670. The number of alkyl halides is 3. The largest absolute Gasteiger partial charge is 0.416 e. The third-order valence-electron chi connectivity index (χ3n) is 2.36. The van der Waals surface area contributed by atoms with Gasteiger partial charge >= 0.3 is 6.18 Å². The van der Waals surface area contributed by atoms with Crippen molar-refractivity contribution in [3.05, 3.63) is 11.8 Å². The lowest BCUT2D eigenvalue weighted by atomic mass is 10.3. The molecule has 1 aliphatic rings. The van der Waals surface area contributed by atoms with Gasteiger partial charge in [-0.25, -0.2) is 0 Å². The molecule has 1 heterocycles. The van der Waals surface area contributed by atoms with Gasteiger partial charge in [-0.3, -0.25) is 0 Å². The Labute approximate surface area is 83.7 Å². The van der Waals surface area contributed by atoms with Crippen LogP contribution in [-0.4, -0.2) is 21.8 Å². The van der Waals surface area contributed by atoms with Crippen LogP contribution in [0.5, 0.6) is 0 Å². The van der Waals surface area contributed by atoms with Crippen molar-refractivity contribution in [2.75, 3.05) is 6.61 Å². The van der Waals surface area contributed by atoms with Crippen molar-refractivity contribution in [2.45, 2.75) is 37.9 Å². The van der Waals surface area contributed by atoms with Crippen LogP contribution in [0.25, 0.3) is 0 Å². The van der Waals surface area contributed by atoms with Crippen LogP contribution in [0, 0.1) is 0 Å². The van der Waals surface area contributed by atoms with Crippen molar-refractivity contribution >= 4 is 9.04 Å². The Morgan fingerprint density at radius 3 is 2.57 bits per heavy atom. The first-order valence-corrected chi connectivity index (χ1v) is 6.71. The Morgan fingerprint density at radius 1 is 1.36 bits per heavy atom. The monoisotopic (exact) mass is 224 g/mol. The SMILES string of the molecule is C=C(CCC(F)(F)F)[SiH]1CCCCO1. The van der Waals surface area contributed by atoms with Gasteiger partial charge < -0.3 is 4.43 Å². The number of hydrogen-bond acceptors (Lipinski definition) is 1. The first-order valence-electron chi connectivity index (χ1n) is 4.85. The van der Waals surface area contributed by atoms with E-state index in [4.69, 9.17) is 4.43 Å². The highest BCUT2D eigenvalue weighted by atomic mass is 28.3. The van der Waals surface area contributed by atoms with Crippen molar-refractivity contribution in [1.29, 1.82) is 0 Å². The van der Waals surface area contributed by atoms with E-state index in [9.17, 15) is 13.2 Å². The van der Waals surface area contributed by atoms with Crippen molar-refractivity contribution < 1.29 is 17.6 Å². The summed E-state index contributed by atoms with van der Waals surface area (Å²) in [7, 11) is -1.50. The predicted octanol–water partition coefficient (Wildman–Crippen LogP) is 2.96. The van der Waals surface area contributed by atoms with Crippen LogP contribution in [0.15, 0.2) is 11.8 Å². The maximum Gasteiger partial charge on any atom is 0.389 e. The van der Waals surface area contributed by atoms with Crippen molar-refractivity contribution in [1.82, 2.24) is 0 Å². The molecule has 0 aliphatic carbocycles. The van der Waals surface area contributed by atoms with Gasteiger partial charge in [-0.2, -0.15) is 13.2 Å². The van der Waals surface area contributed by atoms with E-state index < -0.39 is 21.6 Å². The van der Waals surface area contributed by atoms with Crippen LogP contribution >= 0.6 is 0 Å². The Hall–Kier alpha value is -0.293. The molecule has 0 bridgehead atoms. The smallest absolute Gasteiger partial charge is 0.389 e. The molecule has 0 saturated carbocycles. The number of allylic oxidation sites excluding steroid dienone is 1. The highest BCUT2D eigenvalue weighted by molar-refractivity contribution is 6.60. The van der Waals surface area contributed by atoms with Crippen LogP contribution in [0.2, 0.25) is 6.04 Å². The summed E-state index contributed by atoms with van der Waals surface area (Å²) in [5.41, 5.74) is 0. The van der Waals surface area contributed by atoms with E-state index in [-0.39, 0.29) is 6.42 Å². The highest BCUT2D eigenvalue weighted by Crippen LogP contribution is 2.26. The molecule has 0 aromatic heterocycles. The van der Waals surface area contributed by atoms with E-state index in [2.05, 4.69) is 6.58 Å². The zero-order valence-corrected chi connectivity index (χ0v) is 9.22. The van der Waals surface area contributed by atoms with E-state index in [1.54, 1.807) is 0 Å². The molecule has 1 fully saturated rings. The summed E-state index contributed by atoms with van der Waals surface area (Å²) in [5, 5.41) is 0.724. The topological polar surface area (TPSA) is 9.23 Å². The van der Waals surface area contributed by atoms with E-state index in [0.717, 1.165) is 24.1 Å². The third-order valence-corrected chi connectivity index (χ3v) is 5.13. The summed E-state index contributed by atoms with van der Waals surface area (Å²) in [6.45, 7) is 4.43. The summed E-state index contributed by atoms with van der Waals surface area (Å²) in [5.74, 6) is 0. The fourth-order valence-corrected chi connectivity index (χ4v) is 3.91. The van der Waals surface area contributed by atoms with Gasteiger partial charge in [-0.05, 0) is 18.9 Å². The van der Waals surface area contributed by atoms with E-state index in [0.29, 0.717) is 6.61 Å². The standard InChI is InChI=1S/C9H15F3OSi/c1-8(4-5-9(10,11)12)14-7-3-2-6-13-14/h14H,1-7H2. The molecule has 1 nitrogen and oxygen atoms in total. The van der Waals surface area contributed by atoms with Gasteiger partial charge in [0.15, 0.2) is 0 Å². The molecule has 1 atom stereocenters. The minimum atomic E-state index is -4.06. The Bertz CT molecular complexity index is 197. The van der Waals surface area contributed by atoms with Crippen LogP contribution in [0.3, 0.4) is 0 Å². The minimum Gasteiger partial charge on any atom is -0.416 e. The van der Waals surface area contributed by atoms with Crippen molar-refractivity contribution in [3.8, 4) is 0 Å². The fraction of sp³-hybridized carbons (Fsp3) is 0.778. The number of hydrogen-bond donors (Lipinski definition) is 0. The van der Waals surface area contributed by atoms with Gasteiger partial charge in [0.25, 0.3) is 0 Å². The van der Waals surface area contributed by atoms with Crippen LogP contribution in [-0.2, 0) is 4.43 Å².